The highest BCUT2D eigenvalue weighted by Crippen LogP contribution is 2.38. The van der Waals surface area contributed by atoms with Crippen molar-refractivity contribution in [2.24, 2.45) is 5.92 Å². The number of carbonyl (C=O) groups is 3. The van der Waals surface area contributed by atoms with Crippen molar-refractivity contribution in [3.05, 3.63) is 30.1 Å². The molecule has 0 bridgehead atoms. The van der Waals surface area contributed by atoms with Crippen LogP contribution < -0.4 is 10.1 Å². The van der Waals surface area contributed by atoms with E-state index in [1.54, 1.807) is 0 Å². The lowest BCUT2D eigenvalue weighted by Gasteiger charge is -2.36. The first kappa shape index (κ1) is 19.1. The van der Waals surface area contributed by atoms with E-state index in [1.165, 1.54) is 24.3 Å². The molecular weight excluding hydrogens is 355 g/mol. The van der Waals surface area contributed by atoms with Crippen LogP contribution in [0.5, 0.6) is 5.75 Å². The predicted octanol–water partition coefficient (Wildman–Crippen LogP) is 2.25. The number of amides is 3. The van der Waals surface area contributed by atoms with Crippen molar-refractivity contribution in [1.82, 2.24) is 10.2 Å². The highest BCUT2D eigenvalue weighted by molar-refractivity contribution is 6.08. The van der Waals surface area contributed by atoms with Gasteiger partial charge in [0.2, 0.25) is 0 Å². The minimum atomic E-state index is -0.888. The van der Waals surface area contributed by atoms with E-state index in [0.717, 1.165) is 24.2 Å². The summed E-state index contributed by atoms with van der Waals surface area (Å²) in [5.74, 6) is -0.907. The molecule has 1 aromatic rings. The van der Waals surface area contributed by atoms with Crippen molar-refractivity contribution in [2.75, 3.05) is 19.8 Å². The van der Waals surface area contributed by atoms with Crippen molar-refractivity contribution >= 4 is 17.9 Å². The summed E-state index contributed by atoms with van der Waals surface area (Å²) in [4.78, 5) is 37.9. The molecule has 2 fully saturated rings. The van der Waals surface area contributed by atoms with Crippen LogP contribution in [0.3, 0.4) is 0 Å². The fourth-order valence-corrected chi connectivity index (χ4v) is 3.66. The standard InChI is InChI=1S/C19H23FN2O5/c1-13-4-2-3-9-19(13)17(24)22(18(25)21-19)12-16(23)27-11-10-26-15-7-5-14(20)6-8-15/h5-8,13H,2-4,9-12H2,1H3,(H,21,25)/t13-,19+/m0/s1. The highest BCUT2D eigenvalue weighted by Gasteiger charge is 2.55. The number of ether oxygens (including phenoxy) is 2. The maximum atomic E-state index is 12.8. The molecule has 1 heterocycles. The summed E-state index contributed by atoms with van der Waals surface area (Å²) in [6.07, 6.45) is 3.36. The van der Waals surface area contributed by atoms with Gasteiger partial charge in [-0.05, 0) is 43.0 Å². The van der Waals surface area contributed by atoms with Crippen LogP contribution >= 0.6 is 0 Å². The normalized spacial score (nSPS) is 24.8. The second-order valence-corrected chi connectivity index (χ2v) is 6.96. The Bertz CT molecular complexity index is 723. The van der Waals surface area contributed by atoms with Crippen LogP contribution in [-0.4, -0.2) is 48.1 Å². The molecule has 2 atom stereocenters. The van der Waals surface area contributed by atoms with Gasteiger partial charge in [0.05, 0.1) is 0 Å². The van der Waals surface area contributed by atoms with Crippen molar-refractivity contribution < 1.29 is 28.2 Å². The van der Waals surface area contributed by atoms with Gasteiger partial charge >= 0.3 is 12.0 Å². The van der Waals surface area contributed by atoms with Crippen LogP contribution in [-0.2, 0) is 14.3 Å². The third-order valence-electron chi connectivity index (χ3n) is 5.22. The van der Waals surface area contributed by atoms with Gasteiger partial charge in [-0.3, -0.25) is 14.5 Å². The third-order valence-corrected chi connectivity index (χ3v) is 5.22. The van der Waals surface area contributed by atoms with E-state index in [2.05, 4.69) is 5.32 Å². The van der Waals surface area contributed by atoms with Gasteiger partial charge in [-0.1, -0.05) is 19.8 Å². The zero-order valence-corrected chi connectivity index (χ0v) is 15.2. The van der Waals surface area contributed by atoms with E-state index < -0.39 is 24.1 Å². The van der Waals surface area contributed by atoms with E-state index in [-0.39, 0.29) is 30.9 Å². The van der Waals surface area contributed by atoms with Crippen molar-refractivity contribution in [3.8, 4) is 5.75 Å². The van der Waals surface area contributed by atoms with Crippen LogP contribution in [0.2, 0.25) is 0 Å². The first-order valence-corrected chi connectivity index (χ1v) is 9.10. The summed E-state index contributed by atoms with van der Waals surface area (Å²) in [6.45, 7) is 1.57. The minimum absolute atomic E-state index is 0.0350. The van der Waals surface area contributed by atoms with Gasteiger partial charge in [0.1, 0.15) is 36.9 Å². The number of nitrogens with one attached hydrogen (secondary N) is 1. The molecule has 1 aliphatic heterocycles. The van der Waals surface area contributed by atoms with Crippen molar-refractivity contribution in [3.63, 3.8) is 0 Å². The van der Waals surface area contributed by atoms with Gasteiger partial charge in [-0.25, -0.2) is 9.18 Å². The fourth-order valence-electron chi connectivity index (χ4n) is 3.66. The Morgan fingerprint density at radius 1 is 1.26 bits per heavy atom. The molecule has 1 saturated heterocycles. The number of benzene rings is 1. The Morgan fingerprint density at radius 3 is 2.70 bits per heavy atom. The molecule has 7 nitrogen and oxygen atoms in total. The maximum absolute atomic E-state index is 12.8. The van der Waals surface area contributed by atoms with Crippen molar-refractivity contribution in [1.29, 1.82) is 0 Å². The SMILES string of the molecule is C[C@H]1CCCC[C@@]12NC(=O)N(CC(=O)OCCOc1ccc(F)cc1)C2=O. The van der Waals surface area contributed by atoms with Gasteiger partial charge < -0.3 is 14.8 Å². The molecule has 146 valence electrons. The average Bonchev–Trinajstić information content (AvgIpc) is 2.88. The fraction of sp³-hybridized carbons (Fsp3) is 0.526. The monoisotopic (exact) mass is 378 g/mol. The Balaban J connectivity index is 1.47. The third kappa shape index (κ3) is 4.04. The van der Waals surface area contributed by atoms with E-state index in [0.29, 0.717) is 12.2 Å². The van der Waals surface area contributed by atoms with E-state index in [9.17, 15) is 18.8 Å². The Hall–Kier alpha value is -2.64. The Morgan fingerprint density at radius 2 is 2.00 bits per heavy atom. The number of hydrogen-bond acceptors (Lipinski definition) is 5. The summed E-state index contributed by atoms with van der Waals surface area (Å²) in [5, 5.41) is 2.79. The first-order valence-electron chi connectivity index (χ1n) is 9.10. The highest BCUT2D eigenvalue weighted by atomic mass is 19.1. The lowest BCUT2D eigenvalue weighted by atomic mass is 9.73. The number of rotatable bonds is 6. The van der Waals surface area contributed by atoms with Gasteiger partial charge in [0.25, 0.3) is 5.91 Å². The Labute approximate surface area is 156 Å². The number of halogens is 1. The van der Waals surface area contributed by atoms with Gasteiger partial charge in [0.15, 0.2) is 0 Å². The van der Waals surface area contributed by atoms with Crippen LogP contribution in [0.15, 0.2) is 24.3 Å². The number of imide groups is 1. The predicted molar refractivity (Wildman–Crippen MR) is 93.5 cm³/mol. The molecule has 1 spiro atoms. The molecule has 1 aromatic carbocycles. The zero-order chi connectivity index (χ0) is 19.4. The molecule has 1 aliphatic carbocycles. The van der Waals surface area contributed by atoms with Crippen molar-refractivity contribution in [2.45, 2.75) is 38.1 Å². The zero-order valence-electron chi connectivity index (χ0n) is 15.2. The molecule has 8 heteroatoms. The number of esters is 1. The summed E-state index contributed by atoms with van der Waals surface area (Å²) < 4.78 is 23.2. The molecule has 27 heavy (non-hydrogen) atoms. The van der Waals surface area contributed by atoms with E-state index in [4.69, 9.17) is 9.47 Å². The molecule has 0 unspecified atom stereocenters. The maximum Gasteiger partial charge on any atom is 0.326 e. The minimum Gasteiger partial charge on any atom is -0.490 e. The molecule has 0 aromatic heterocycles. The van der Waals surface area contributed by atoms with E-state index >= 15 is 0 Å². The number of urea groups is 1. The van der Waals surface area contributed by atoms with Gasteiger partial charge in [0, 0.05) is 0 Å². The molecular formula is C19H23FN2O5. The van der Waals surface area contributed by atoms with Crippen LogP contribution in [0.4, 0.5) is 9.18 Å². The summed E-state index contributed by atoms with van der Waals surface area (Å²) in [6, 6.07) is 4.92. The Kier molecular flexibility index (Phi) is 5.62. The largest absolute Gasteiger partial charge is 0.490 e. The van der Waals surface area contributed by atoms with Crippen LogP contribution in [0.25, 0.3) is 0 Å². The number of hydrogen-bond donors (Lipinski definition) is 1. The van der Waals surface area contributed by atoms with E-state index in [1.807, 2.05) is 6.92 Å². The first-order chi connectivity index (χ1) is 12.9. The summed E-state index contributed by atoms with van der Waals surface area (Å²) in [5.41, 5.74) is -0.888. The van der Waals surface area contributed by atoms with Crippen LogP contribution in [0, 0.1) is 11.7 Å². The second kappa shape index (κ2) is 7.94. The summed E-state index contributed by atoms with van der Waals surface area (Å²) in [7, 11) is 0. The van der Waals surface area contributed by atoms with Crippen LogP contribution in [0.1, 0.15) is 32.6 Å². The van der Waals surface area contributed by atoms with Gasteiger partial charge in [-0.15, -0.1) is 0 Å². The number of nitrogens with zero attached hydrogens (tertiary/aromatic N) is 1. The smallest absolute Gasteiger partial charge is 0.326 e. The topological polar surface area (TPSA) is 84.9 Å². The lowest BCUT2D eigenvalue weighted by Crippen LogP contribution is -2.54. The molecule has 1 N–H and O–H groups in total. The molecule has 3 rings (SSSR count). The number of carbonyl (C=O) groups excluding carboxylic acids is 3. The molecule has 3 amide bonds. The quantitative estimate of drug-likeness (QED) is 0.466. The molecule has 1 saturated carbocycles. The second-order valence-electron chi connectivity index (χ2n) is 6.96. The average molecular weight is 378 g/mol. The van der Waals surface area contributed by atoms with Gasteiger partial charge in [-0.2, -0.15) is 0 Å². The lowest BCUT2D eigenvalue weighted by molar-refractivity contribution is -0.149. The summed E-state index contributed by atoms with van der Waals surface area (Å²) >= 11 is 0. The molecule has 0 radical (unpaired) electrons. The molecule has 2 aliphatic rings.